The van der Waals surface area contributed by atoms with Crippen LogP contribution in [-0.2, 0) is 4.79 Å². The number of carbonyl (C=O) groups is 1. The van der Waals surface area contributed by atoms with Crippen molar-refractivity contribution in [2.75, 3.05) is 0 Å². The van der Waals surface area contributed by atoms with Crippen molar-refractivity contribution >= 4 is 5.97 Å². The molecule has 0 fully saturated rings. The van der Waals surface area contributed by atoms with Gasteiger partial charge < -0.3 is 15.3 Å². The Labute approximate surface area is 145 Å². The second kappa shape index (κ2) is 16.2. The first kappa shape index (κ1) is 22.4. The zero-order valence-electron chi connectivity index (χ0n) is 14.7. The van der Waals surface area contributed by atoms with Gasteiger partial charge in [0, 0.05) is 6.42 Å². The molecular formula is C20H32O4. The van der Waals surface area contributed by atoms with Gasteiger partial charge in [0.25, 0.3) is 0 Å². The van der Waals surface area contributed by atoms with Gasteiger partial charge in [-0.1, -0.05) is 68.4 Å². The molecule has 0 rings (SSSR count). The van der Waals surface area contributed by atoms with E-state index in [1.165, 1.54) is 25.3 Å². The Balaban J connectivity index is 3.81. The van der Waals surface area contributed by atoms with Crippen molar-refractivity contribution in [2.24, 2.45) is 0 Å². The molecule has 0 aliphatic carbocycles. The summed E-state index contributed by atoms with van der Waals surface area (Å²) in [4.78, 5) is 10.4. The van der Waals surface area contributed by atoms with Crippen molar-refractivity contribution in [1.29, 1.82) is 0 Å². The molecule has 0 aliphatic rings. The summed E-state index contributed by atoms with van der Waals surface area (Å²) in [5, 5.41) is 27.9. The lowest BCUT2D eigenvalue weighted by Crippen LogP contribution is -2.23. The molecular weight excluding hydrogens is 304 g/mol. The van der Waals surface area contributed by atoms with Gasteiger partial charge in [-0.05, 0) is 32.1 Å². The fraction of sp³-hybridized carbons (Fsp3) is 0.550. The predicted molar refractivity (Wildman–Crippen MR) is 98.8 cm³/mol. The van der Waals surface area contributed by atoms with E-state index in [4.69, 9.17) is 5.11 Å². The Morgan fingerprint density at radius 1 is 0.958 bits per heavy atom. The first-order valence-corrected chi connectivity index (χ1v) is 8.80. The lowest BCUT2D eigenvalue weighted by atomic mass is 10.1. The molecule has 24 heavy (non-hydrogen) atoms. The Bertz CT molecular complexity index is 421. The minimum absolute atomic E-state index is 0.00520. The van der Waals surface area contributed by atoms with E-state index >= 15 is 0 Å². The highest BCUT2D eigenvalue weighted by Gasteiger charge is 2.12. The fourth-order valence-corrected chi connectivity index (χ4v) is 2.03. The molecule has 0 aromatic heterocycles. The van der Waals surface area contributed by atoms with E-state index in [1.54, 1.807) is 12.2 Å². The summed E-state index contributed by atoms with van der Waals surface area (Å²) in [6, 6.07) is 0. The highest BCUT2D eigenvalue weighted by atomic mass is 16.4. The van der Waals surface area contributed by atoms with E-state index in [0.29, 0.717) is 6.42 Å². The van der Waals surface area contributed by atoms with Crippen molar-refractivity contribution in [3.8, 4) is 0 Å². The first-order valence-electron chi connectivity index (χ1n) is 8.80. The molecule has 0 saturated heterocycles. The van der Waals surface area contributed by atoms with Crippen LogP contribution in [0, 0.1) is 0 Å². The molecule has 0 amide bonds. The molecule has 2 atom stereocenters. The molecule has 0 spiro atoms. The Hall–Kier alpha value is -1.65. The lowest BCUT2D eigenvalue weighted by Gasteiger charge is -2.13. The quantitative estimate of drug-likeness (QED) is 0.253. The smallest absolute Gasteiger partial charge is 0.303 e. The van der Waals surface area contributed by atoms with Gasteiger partial charge in [-0.3, -0.25) is 4.79 Å². The number of carboxylic acid groups (broad SMARTS) is 1. The zero-order chi connectivity index (χ0) is 18.0. The molecule has 0 radical (unpaired) electrons. The van der Waals surface area contributed by atoms with Crippen LogP contribution < -0.4 is 0 Å². The van der Waals surface area contributed by atoms with Gasteiger partial charge in [-0.2, -0.15) is 0 Å². The number of unbranched alkanes of at least 4 members (excludes halogenated alkanes) is 3. The van der Waals surface area contributed by atoms with Gasteiger partial charge in [0.2, 0.25) is 0 Å². The lowest BCUT2D eigenvalue weighted by molar-refractivity contribution is -0.137. The van der Waals surface area contributed by atoms with E-state index in [-0.39, 0.29) is 12.8 Å². The number of aliphatic hydroxyl groups is 2. The van der Waals surface area contributed by atoms with Crippen LogP contribution in [-0.4, -0.2) is 33.5 Å². The number of allylic oxidation sites excluding steroid dienone is 7. The predicted octanol–water partition coefficient (Wildman–Crippen LogP) is 4.16. The highest BCUT2D eigenvalue weighted by Crippen LogP contribution is 2.06. The highest BCUT2D eigenvalue weighted by molar-refractivity contribution is 5.66. The van der Waals surface area contributed by atoms with E-state index in [2.05, 4.69) is 25.2 Å². The average Bonchev–Trinajstić information content (AvgIpc) is 2.55. The molecule has 0 heterocycles. The molecule has 0 aliphatic heterocycles. The topological polar surface area (TPSA) is 77.8 Å². The molecule has 4 heteroatoms. The maximum atomic E-state index is 10.4. The minimum atomic E-state index is -0.974. The monoisotopic (exact) mass is 336 g/mol. The molecule has 0 aromatic carbocycles. The van der Waals surface area contributed by atoms with Crippen LogP contribution in [0.5, 0.6) is 0 Å². The normalized spacial score (nSPS) is 15.1. The van der Waals surface area contributed by atoms with E-state index in [9.17, 15) is 15.0 Å². The maximum Gasteiger partial charge on any atom is 0.303 e. The van der Waals surface area contributed by atoms with E-state index < -0.39 is 18.2 Å². The standard InChI is InChI=1S/C20H32O4/c1-2-3-4-5-6-7-8-9-10-11-12-13-15-18(21)19(22)16-14-17-20(23)24/h6-7,9-13,15,18-19,21-22H,2-5,8,14,16-17H2,1H3,(H,23,24)/t18-,19-/m0/s1. The van der Waals surface area contributed by atoms with Gasteiger partial charge in [0.1, 0.15) is 0 Å². The number of carboxylic acids is 1. The first-order chi connectivity index (χ1) is 11.6. The van der Waals surface area contributed by atoms with Gasteiger partial charge in [-0.25, -0.2) is 0 Å². The van der Waals surface area contributed by atoms with Gasteiger partial charge >= 0.3 is 5.97 Å². The number of hydrogen-bond acceptors (Lipinski definition) is 3. The number of aliphatic hydroxyl groups excluding tert-OH is 2. The third kappa shape index (κ3) is 15.3. The van der Waals surface area contributed by atoms with Crippen LogP contribution in [0.3, 0.4) is 0 Å². The van der Waals surface area contributed by atoms with Crippen molar-refractivity contribution in [1.82, 2.24) is 0 Å². The number of rotatable bonds is 14. The van der Waals surface area contributed by atoms with Gasteiger partial charge in [0.15, 0.2) is 0 Å². The van der Waals surface area contributed by atoms with Crippen LogP contribution in [0.25, 0.3) is 0 Å². The molecule has 136 valence electrons. The summed E-state index contributed by atoms with van der Waals surface area (Å²) in [7, 11) is 0. The Morgan fingerprint density at radius 3 is 2.42 bits per heavy atom. The summed E-state index contributed by atoms with van der Waals surface area (Å²) in [6.07, 6.45) is 19.8. The van der Waals surface area contributed by atoms with Gasteiger partial charge in [0.05, 0.1) is 12.2 Å². The fourth-order valence-electron chi connectivity index (χ4n) is 2.03. The molecule has 0 bridgehead atoms. The summed E-state index contributed by atoms with van der Waals surface area (Å²) < 4.78 is 0. The SMILES string of the molecule is CCCCCC=CCC=CC=CC=C[C@H](O)[C@@H](O)CCCC(=O)O. The minimum Gasteiger partial charge on any atom is -0.481 e. The second-order valence-corrected chi connectivity index (χ2v) is 5.74. The molecule has 3 N–H and O–H groups in total. The summed E-state index contributed by atoms with van der Waals surface area (Å²) in [5.41, 5.74) is 0. The number of hydrogen-bond donors (Lipinski definition) is 3. The Kier molecular flexibility index (Phi) is 15.1. The molecule has 0 saturated carbocycles. The Morgan fingerprint density at radius 2 is 1.71 bits per heavy atom. The van der Waals surface area contributed by atoms with Crippen LogP contribution in [0.15, 0.2) is 48.6 Å². The van der Waals surface area contributed by atoms with Crippen molar-refractivity contribution in [3.63, 3.8) is 0 Å². The summed E-state index contributed by atoms with van der Waals surface area (Å²) in [5.74, 6) is -0.891. The van der Waals surface area contributed by atoms with Crippen LogP contribution in [0.2, 0.25) is 0 Å². The summed E-state index contributed by atoms with van der Waals surface area (Å²) >= 11 is 0. The maximum absolute atomic E-state index is 10.4. The second-order valence-electron chi connectivity index (χ2n) is 5.74. The van der Waals surface area contributed by atoms with Gasteiger partial charge in [-0.15, -0.1) is 0 Å². The third-order valence-electron chi connectivity index (χ3n) is 3.48. The molecule has 0 aromatic rings. The molecule has 0 unspecified atom stereocenters. The largest absolute Gasteiger partial charge is 0.481 e. The van der Waals surface area contributed by atoms with Crippen LogP contribution >= 0.6 is 0 Å². The summed E-state index contributed by atoms with van der Waals surface area (Å²) in [6.45, 7) is 2.20. The molecule has 4 nitrogen and oxygen atoms in total. The van der Waals surface area contributed by atoms with Crippen LogP contribution in [0.4, 0.5) is 0 Å². The van der Waals surface area contributed by atoms with Crippen molar-refractivity contribution < 1.29 is 20.1 Å². The zero-order valence-corrected chi connectivity index (χ0v) is 14.7. The van der Waals surface area contributed by atoms with E-state index in [0.717, 1.165) is 12.8 Å². The van der Waals surface area contributed by atoms with Crippen molar-refractivity contribution in [2.45, 2.75) is 70.5 Å². The third-order valence-corrected chi connectivity index (χ3v) is 3.48. The average molecular weight is 336 g/mol. The van der Waals surface area contributed by atoms with Crippen molar-refractivity contribution in [3.05, 3.63) is 48.6 Å². The van der Waals surface area contributed by atoms with E-state index in [1.807, 2.05) is 12.2 Å². The number of aliphatic carboxylic acids is 1. The van der Waals surface area contributed by atoms with Crippen LogP contribution in [0.1, 0.15) is 58.3 Å².